The number of thiol groups is 1. The standard InChI is InChI=1S/C6H6S.2C3H5.Mg/c7-6-4-2-1-3-5-6;2*1-3-2;/h1-5,7H;2*3H,1-2H2;/q;2*-1;+2. The van der Waals surface area contributed by atoms with Gasteiger partial charge >= 0.3 is 23.1 Å². The van der Waals surface area contributed by atoms with E-state index in [1.165, 1.54) is 12.2 Å². The van der Waals surface area contributed by atoms with Gasteiger partial charge in [-0.3, -0.25) is 0 Å². The van der Waals surface area contributed by atoms with Crippen LogP contribution in [-0.2, 0) is 0 Å². The molecule has 1 aromatic rings. The minimum Gasteiger partial charge on any atom is -0.245 e. The first kappa shape index (κ1) is 19.2. The second-order valence-corrected chi connectivity index (χ2v) is 2.43. The van der Waals surface area contributed by atoms with Crippen LogP contribution in [0.2, 0.25) is 0 Å². The molecule has 0 N–H and O–H groups in total. The summed E-state index contributed by atoms with van der Waals surface area (Å²) in [6.45, 7) is 13.0. The number of hydrogen-bond acceptors (Lipinski definition) is 1. The zero-order valence-corrected chi connectivity index (χ0v) is 10.8. The number of allylic oxidation sites excluding steroid dienone is 2. The molecule has 0 nitrogen and oxygen atoms in total. The van der Waals surface area contributed by atoms with Gasteiger partial charge in [0.25, 0.3) is 0 Å². The Kier molecular flexibility index (Phi) is 25.2. The van der Waals surface area contributed by atoms with Crippen LogP contribution in [-0.4, -0.2) is 23.1 Å². The molecule has 72 valence electrons. The fourth-order valence-electron chi connectivity index (χ4n) is 0.428. The maximum atomic E-state index is 4.08. The first-order chi connectivity index (χ1) is 6.22. The molecule has 1 rings (SSSR count). The Balaban J connectivity index is -0.000000150. The topological polar surface area (TPSA) is 0 Å². The Bertz CT molecular complexity index is 201. The molecule has 0 fully saturated rings. The molecule has 14 heavy (non-hydrogen) atoms. The summed E-state index contributed by atoms with van der Waals surface area (Å²) in [5, 5.41) is 0. The Morgan fingerprint density at radius 2 is 1.29 bits per heavy atom. The third-order valence-electron chi connectivity index (χ3n) is 0.756. The molecule has 0 saturated carbocycles. The van der Waals surface area contributed by atoms with Crippen LogP contribution in [0.4, 0.5) is 0 Å². The molecule has 0 aromatic heterocycles. The maximum absolute atomic E-state index is 4.08. The van der Waals surface area contributed by atoms with Gasteiger partial charge in [0.1, 0.15) is 0 Å². The van der Waals surface area contributed by atoms with E-state index in [-0.39, 0.29) is 23.1 Å². The monoisotopic (exact) mass is 216 g/mol. The van der Waals surface area contributed by atoms with Gasteiger partial charge in [0.2, 0.25) is 0 Å². The van der Waals surface area contributed by atoms with Crippen LogP contribution >= 0.6 is 12.6 Å². The van der Waals surface area contributed by atoms with Crippen LogP contribution in [0.15, 0.2) is 60.5 Å². The van der Waals surface area contributed by atoms with Crippen LogP contribution in [0.1, 0.15) is 0 Å². The van der Waals surface area contributed by atoms with Gasteiger partial charge in [0, 0.05) is 4.90 Å². The molecular weight excluding hydrogens is 201 g/mol. The van der Waals surface area contributed by atoms with Crippen molar-refractivity contribution in [2.45, 2.75) is 4.90 Å². The maximum Gasteiger partial charge on any atom is 2.00 e. The van der Waals surface area contributed by atoms with Crippen molar-refractivity contribution in [1.82, 2.24) is 0 Å². The number of rotatable bonds is 0. The van der Waals surface area contributed by atoms with Crippen LogP contribution < -0.4 is 0 Å². The summed E-state index contributed by atoms with van der Waals surface area (Å²) < 4.78 is 0. The van der Waals surface area contributed by atoms with Crippen LogP contribution in [0.25, 0.3) is 0 Å². The minimum absolute atomic E-state index is 0. The van der Waals surface area contributed by atoms with Gasteiger partial charge in [-0.1, -0.05) is 18.2 Å². The molecule has 0 aliphatic rings. The fourth-order valence-corrected chi connectivity index (χ4v) is 0.600. The van der Waals surface area contributed by atoms with Gasteiger partial charge in [-0.2, -0.15) is 0 Å². The SMILES string of the molecule is C=C[CH2-].C=C[CH2-].Sc1ccccc1.[Mg+2]. The molecule has 0 unspecified atom stereocenters. The van der Waals surface area contributed by atoms with Gasteiger partial charge in [0.05, 0.1) is 0 Å². The second-order valence-electron chi connectivity index (χ2n) is 1.91. The Morgan fingerprint density at radius 1 is 1.00 bits per heavy atom. The van der Waals surface area contributed by atoms with Gasteiger partial charge in [-0.05, 0) is 12.1 Å². The van der Waals surface area contributed by atoms with E-state index in [4.69, 9.17) is 0 Å². The molecule has 0 bridgehead atoms. The average molecular weight is 217 g/mol. The predicted molar refractivity (Wildman–Crippen MR) is 70.6 cm³/mol. The molecule has 0 atom stereocenters. The third-order valence-corrected chi connectivity index (χ3v) is 1.05. The fraction of sp³-hybridized carbons (Fsp3) is 0. The van der Waals surface area contributed by atoms with Crippen molar-refractivity contribution in [3.05, 3.63) is 69.5 Å². The van der Waals surface area contributed by atoms with Crippen LogP contribution in [0.5, 0.6) is 0 Å². The van der Waals surface area contributed by atoms with Crippen molar-refractivity contribution in [3.8, 4) is 0 Å². The first-order valence-corrected chi connectivity index (χ1v) is 4.21. The number of hydrogen-bond donors (Lipinski definition) is 1. The molecule has 0 radical (unpaired) electrons. The Morgan fingerprint density at radius 3 is 1.43 bits per heavy atom. The Labute approximate surface area is 110 Å². The van der Waals surface area contributed by atoms with E-state index < -0.39 is 0 Å². The summed E-state index contributed by atoms with van der Waals surface area (Å²) in [6.07, 6.45) is 3.00. The van der Waals surface area contributed by atoms with Crippen molar-refractivity contribution in [2.24, 2.45) is 0 Å². The van der Waals surface area contributed by atoms with Crippen molar-refractivity contribution in [2.75, 3.05) is 0 Å². The quantitative estimate of drug-likeness (QED) is 0.382. The van der Waals surface area contributed by atoms with Gasteiger partial charge < -0.3 is 0 Å². The van der Waals surface area contributed by atoms with E-state index in [9.17, 15) is 0 Å². The summed E-state index contributed by atoms with van der Waals surface area (Å²) in [4.78, 5) is 1.02. The normalized spacial score (nSPS) is 6.07. The molecule has 0 spiro atoms. The smallest absolute Gasteiger partial charge is 0.245 e. The summed E-state index contributed by atoms with van der Waals surface area (Å²) in [5.41, 5.74) is 0. The molecule has 1 aromatic carbocycles. The largest absolute Gasteiger partial charge is 2.00 e. The minimum atomic E-state index is 0. The van der Waals surface area contributed by atoms with Crippen molar-refractivity contribution >= 4 is 35.7 Å². The van der Waals surface area contributed by atoms with Crippen molar-refractivity contribution in [1.29, 1.82) is 0 Å². The predicted octanol–water partition coefficient (Wildman–Crippen LogP) is 3.61. The zero-order chi connectivity index (χ0) is 10.5. The third kappa shape index (κ3) is 22.6. The molecular formula is C12H16MgS. The first-order valence-electron chi connectivity index (χ1n) is 3.77. The zero-order valence-electron chi connectivity index (χ0n) is 8.52. The van der Waals surface area contributed by atoms with Gasteiger partial charge in [-0.15, -0.1) is 12.6 Å². The van der Waals surface area contributed by atoms with Crippen LogP contribution in [0, 0.1) is 13.8 Å². The van der Waals surface area contributed by atoms with E-state index in [2.05, 4.69) is 39.6 Å². The number of benzene rings is 1. The van der Waals surface area contributed by atoms with Gasteiger partial charge in [0.15, 0.2) is 0 Å². The summed E-state index contributed by atoms with van der Waals surface area (Å²) in [6, 6.07) is 9.79. The molecule has 0 heterocycles. The summed E-state index contributed by atoms with van der Waals surface area (Å²) in [7, 11) is 0. The van der Waals surface area contributed by atoms with Gasteiger partial charge in [-0.25, -0.2) is 39.2 Å². The van der Waals surface area contributed by atoms with E-state index in [0.29, 0.717) is 0 Å². The Hall–Kier alpha value is -0.444. The molecule has 0 aliphatic carbocycles. The molecule has 2 heteroatoms. The second kappa shape index (κ2) is 18.4. The van der Waals surface area contributed by atoms with Crippen molar-refractivity contribution in [3.63, 3.8) is 0 Å². The molecule has 0 amide bonds. The molecule has 0 saturated heterocycles. The molecule has 0 aliphatic heterocycles. The summed E-state index contributed by atoms with van der Waals surface area (Å²) in [5.74, 6) is 0. The van der Waals surface area contributed by atoms with E-state index in [0.717, 1.165) is 4.90 Å². The van der Waals surface area contributed by atoms with Crippen LogP contribution in [0.3, 0.4) is 0 Å². The summed E-state index contributed by atoms with van der Waals surface area (Å²) >= 11 is 4.08. The van der Waals surface area contributed by atoms with E-state index >= 15 is 0 Å². The average Bonchev–Trinajstić information content (AvgIpc) is 2.08. The van der Waals surface area contributed by atoms with Crippen molar-refractivity contribution < 1.29 is 0 Å². The van der Waals surface area contributed by atoms with E-state index in [1.54, 1.807) is 0 Å². The van der Waals surface area contributed by atoms with E-state index in [1.807, 2.05) is 30.3 Å².